The van der Waals surface area contributed by atoms with E-state index in [1.807, 2.05) is 31.3 Å². The fourth-order valence-corrected chi connectivity index (χ4v) is 2.86. The van der Waals surface area contributed by atoms with E-state index in [4.69, 9.17) is 11.0 Å². The van der Waals surface area contributed by atoms with Gasteiger partial charge in [-0.3, -0.25) is 10.0 Å². The zero-order valence-corrected chi connectivity index (χ0v) is 13.3. The smallest absolute Gasteiger partial charge is 0.267 e. The maximum atomic E-state index is 11.7. The van der Waals surface area contributed by atoms with Gasteiger partial charge in [0.05, 0.1) is 23.4 Å². The number of nitrogens with zero attached hydrogens (tertiary/aromatic N) is 3. The summed E-state index contributed by atoms with van der Waals surface area (Å²) in [7, 11) is 1.97. The van der Waals surface area contributed by atoms with Crippen LogP contribution in [0.25, 0.3) is 0 Å². The molecule has 0 saturated carbocycles. The minimum atomic E-state index is -0.714. The molecule has 0 unspecified atom stereocenters. The van der Waals surface area contributed by atoms with Crippen molar-refractivity contribution in [3.63, 3.8) is 0 Å². The van der Waals surface area contributed by atoms with E-state index >= 15 is 0 Å². The van der Waals surface area contributed by atoms with Crippen LogP contribution in [0.3, 0.4) is 0 Å². The molecule has 24 heavy (non-hydrogen) atoms. The first-order chi connectivity index (χ1) is 11.5. The molecule has 0 spiro atoms. The lowest BCUT2D eigenvalue weighted by Crippen LogP contribution is -2.47. The number of fused-ring (bicyclic) bond motifs is 1. The number of hydroxylamine groups is 1. The first-order valence-electron chi connectivity index (χ1n) is 7.61. The standard InChI is InChI=1S/C18H18N4O2/c1-21(15-5-2-12(10-19)3-6-15)11-13-4-7-17-14(8-13)9-16(20)18(23)22(17)24/h2-8,16,24H,9,11,20H2,1H3/t16-/m0/s1. The number of anilines is 2. The van der Waals surface area contributed by atoms with Gasteiger partial charge in [0.1, 0.15) is 0 Å². The highest BCUT2D eigenvalue weighted by Crippen LogP contribution is 2.28. The highest BCUT2D eigenvalue weighted by Gasteiger charge is 2.29. The van der Waals surface area contributed by atoms with E-state index in [-0.39, 0.29) is 0 Å². The molecule has 3 rings (SSSR count). The highest BCUT2D eigenvalue weighted by atomic mass is 16.5. The van der Waals surface area contributed by atoms with Gasteiger partial charge in [-0.05, 0) is 47.9 Å². The Labute approximate surface area is 140 Å². The lowest BCUT2D eigenvalue weighted by atomic mass is 9.97. The Balaban J connectivity index is 1.80. The SMILES string of the molecule is CN(Cc1ccc2c(c1)C[C@H](N)C(=O)N2O)c1ccc(C#N)cc1. The number of hydrogen-bond acceptors (Lipinski definition) is 5. The molecule has 0 aliphatic carbocycles. The summed E-state index contributed by atoms with van der Waals surface area (Å²) in [5, 5.41) is 19.4. The number of nitrogens with two attached hydrogens (primary N) is 1. The molecule has 0 aromatic heterocycles. The van der Waals surface area contributed by atoms with E-state index in [1.54, 1.807) is 18.2 Å². The Morgan fingerprint density at radius 3 is 2.71 bits per heavy atom. The summed E-state index contributed by atoms with van der Waals surface area (Å²) in [4.78, 5) is 13.8. The second kappa shape index (κ2) is 6.32. The van der Waals surface area contributed by atoms with Crippen molar-refractivity contribution in [2.75, 3.05) is 17.0 Å². The first-order valence-corrected chi connectivity index (χ1v) is 7.61. The van der Waals surface area contributed by atoms with Crippen molar-refractivity contribution in [3.05, 3.63) is 59.2 Å². The molecule has 122 valence electrons. The van der Waals surface area contributed by atoms with Crippen LogP contribution in [0.1, 0.15) is 16.7 Å². The van der Waals surface area contributed by atoms with Gasteiger partial charge in [0.15, 0.2) is 0 Å². The van der Waals surface area contributed by atoms with Crippen LogP contribution in [-0.2, 0) is 17.8 Å². The van der Waals surface area contributed by atoms with Crippen LogP contribution in [0.15, 0.2) is 42.5 Å². The zero-order valence-electron chi connectivity index (χ0n) is 13.3. The number of rotatable bonds is 3. The van der Waals surface area contributed by atoms with Crippen molar-refractivity contribution >= 4 is 17.3 Å². The molecule has 2 aromatic carbocycles. The monoisotopic (exact) mass is 322 g/mol. The molecule has 0 fully saturated rings. The van der Waals surface area contributed by atoms with Gasteiger partial charge in [0.25, 0.3) is 5.91 Å². The molecular formula is C18H18N4O2. The van der Waals surface area contributed by atoms with Crippen LogP contribution in [0.2, 0.25) is 0 Å². The zero-order chi connectivity index (χ0) is 17.3. The Morgan fingerprint density at radius 1 is 1.33 bits per heavy atom. The molecule has 0 saturated heterocycles. The van der Waals surface area contributed by atoms with E-state index in [9.17, 15) is 10.0 Å². The van der Waals surface area contributed by atoms with Crippen LogP contribution in [0.4, 0.5) is 11.4 Å². The third-order valence-corrected chi connectivity index (χ3v) is 4.19. The molecule has 1 aliphatic heterocycles. The minimum absolute atomic E-state index is 0.416. The van der Waals surface area contributed by atoms with Gasteiger partial charge in [-0.15, -0.1) is 0 Å². The number of nitriles is 1. The Bertz CT molecular complexity index is 811. The molecule has 6 heteroatoms. The number of carbonyl (C=O) groups is 1. The second-order valence-corrected chi connectivity index (χ2v) is 5.94. The lowest BCUT2D eigenvalue weighted by Gasteiger charge is -2.28. The number of hydrogen-bond donors (Lipinski definition) is 2. The van der Waals surface area contributed by atoms with Gasteiger partial charge in [-0.1, -0.05) is 12.1 Å². The molecule has 3 N–H and O–H groups in total. The van der Waals surface area contributed by atoms with Gasteiger partial charge in [-0.2, -0.15) is 10.3 Å². The summed E-state index contributed by atoms with van der Waals surface area (Å²) >= 11 is 0. The van der Waals surface area contributed by atoms with Crippen LogP contribution >= 0.6 is 0 Å². The molecule has 1 amide bonds. The van der Waals surface area contributed by atoms with Crippen molar-refractivity contribution < 1.29 is 10.0 Å². The molecule has 6 nitrogen and oxygen atoms in total. The summed E-state index contributed by atoms with van der Waals surface area (Å²) in [5.74, 6) is -0.482. The number of amides is 1. The largest absolute Gasteiger partial charge is 0.370 e. The lowest BCUT2D eigenvalue weighted by molar-refractivity contribution is -0.125. The van der Waals surface area contributed by atoms with Crippen molar-refractivity contribution in [2.24, 2.45) is 5.73 Å². The predicted molar refractivity (Wildman–Crippen MR) is 90.7 cm³/mol. The molecule has 0 radical (unpaired) electrons. The Kier molecular flexibility index (Phi) is 4.21. The number of benzene rings is 2. The maximum Gasteiger partial charge on any atom is 0.267 e. The van der Waals surface area contributed by atoms with Crippen LogP contribution in [0, 0.1) is 11.3 Å². The van der Waals surface area contributed by atoms with E-state index in [0.29, 0.717) is 29.3 Å². The molecule has 1 aliphatic rings. The third-order valence-electron chi connectivity index (χ3n) is 4.19. The van der Waals surface area contributed by atoms with Gasteiger partial charge < -0.3 is 10.6 Å². The Morgan fingerprint density at radius 2 is 2.04 bits per heavy atom. The van der Waals surface area contributed by atoms with Crippen molar-refractivity contribution in [1.82, 2.24) is 0 Å². The van der Waals surface area contributed by atoms with Gasteiger partial charge in [-0.25, -0.2) is 0 Å². The van der Waals surface area contributed by atoms with E-state index in [1.165, 1.54) is 0 Å². The third kappa shape index (κ3) is 2.95. The molecule has 2 aromatic rings. The average Bonchev–Trinajstić information content (AvgIpc) is 2.59. The molecule has 1 atom stereocenters. The van der Waals surface area contributed by atoms with E-state index < -0.39 is 11.9 Å². The van der Waals surface area contributed by atoms with Crippen LogP contribution in [-0.4, -0.2) is 24.2 Å². The predicted octanol–water partition coefficient (Wildman–Crippen LogP) is 1.80. The van der Waals surface area contributed by atoms with Crippen LogP contribution < -0.4 is 15.7 Å². The van der Waals surface area contributed by atoms with Gasteiger partial charge in [0, 0.05) is 19.3 Å². The normalized spacial score (nSPS) is 16.5. The quantitative estimate of drug-likeness (QED) is 0.841. The summed E-state index contributed by atoms with van der Waals surface area (Å²) < 4.78 is 0. The summed E-state index contributed by atoms with van der Waals surface area (Å²) in [6.07, 6.45) is 0.416. The molecular weight excluding hydrogens is 304 g/mol. The topological polar surface area (TPSA) is 93.6 Å². The second-order valence-electron chi connectivity index (χ2n) is 5.94. The summed E-state index contributed by atoms with van der Waals surface area (Å²) in [6, 6.07) is 14.3. The van der Waals surface area contributed by atoms with Gasteiger partial charge in [0.2, 0.25) is 0 Å². The minimum Gasteiger partial charge on any atom is -0.370 e. The molecule has 1 heterocycles. The summed E-state index contributed by atoms with van der Waals surface area (Å²) in [5.41, 5.74) is 9.80. The fraction of sp³-hybridized carbons (Fsp3) is 0.222. The maximum absolute atomic E-state index is 11.7. The Hall–Kier alpha value is -2.88. The molecule has 0 bridgehead atoms. The average molecular weight is 322 g/mol. The van der Waals surface area contributed by atoms with Crippen molar-refractivity contribution in [3.8, 4) is 6.07 Å². The van der Waals surface area contributed by atoms with Crippen molar-refractivity contribution in [1.29, 1.82) is 5.26 Å². The highest BCUT2D eigenvalue weighted by molar-refractivity contribution is 5.98. The van der Waals surface area contributed by atoms with Crippen LogP contribution in [0.5, 0.6) is 0 Å². The fourth-order valence-electron chi connectivity index (χ4n) is 2.86. The first kappa shape index (κ1) is 16.0. The van der Waals surface area contributed by atoms with Gasteiger partial charge >= 0.3 is 0 Å². The van der Waals surface area contributed by atoms with Crippen molar-refractivity contribution in [2.45, 2.75) is 19.0 Å². The number of carbonyl (C=O) groups excluding carboxylic acids is 1. The summed E-state index contributed by atoms with van der Waals surface area (Å²) in [6.45, 7) is 0.661. The van der Waals surface area contributed by atoms with E-state index in [2.05, 4.69) is 11.0 Å². The van der Waals surface area contributed by atoms with E-state index in [0.717, 1.165) is 16.8 Å².